The van der Waals surface area contributed by atoms with Crippen molar-refractivity contribution in [3.8, 4) is 11.5 Å². The average Bonchev–Trinajstić information content (AvgIpc) is 2.77. The van der Waals surface area contributed by atoms with Crippen LogP contribution < -0.4 is 9.47 Å². The van der Waals surface area contributed by atoms with Gasteiger partial charge in [-0.25, -0.2) is 4.98 Å². The lowest BCUT2D eigenvalue weighted by Gasteiger charge is -2.20. The zero-order chi connectivity index (χ0) is 14.8. The van der Waals surface area contributed by atoms with Crippen LogP contribution in [0.25, 0.3) is 0 Å². The van der Waals surface area contributed by atoms with Gasteiger partial charge in [-0.3, -0.25) is 4.21 Å². The number of aryl methyl sites for hydroxylation is 2. The van der Waals surface area contributed by atoms with E-state index in [1.165, 1.54) is 0 Å². The van der Waals surface area contributed by atoms with Crippen LogP contribution in [0, 0.1) is 13.8 Å². The molecule has 21 heavy (non-hydrogen) atoms. The minimum Gasteiger partial charge on any atom is -0.486 e. The number of benzene rings is 1. The minimum atomic E-state index is -1.11. The highest BCUT2D eigenvalue weighted by Gasteiger charge is 2.18. The summed E-state index contributed by atoms with van der Waals surface area (Å²) in [5.41, 5.74) is 1.74. The molecule has 0 fully saturated rings. The molecule has 0 saturated carbocycles. The van der Waals surface area contributed by atoms with Gasteiger partial charge in [-0.05, 0) is 19.9 Å². The number of oxazole rings is 1. The number of rotatable bonds is 4. The second-order valence-electron chi connectivity index (χ2n) is 4.92. The van der Waals surface area contributed by atoms with Crippen molar-refractivity contribution in [1.29, 1.82) is 0 Å². The largest absolute Gasteiger partial charge is 0.486 e. The van der Waals surface area contributed by atoms with Gasteiger partial charge in [0.2, 0.25) is 5.89 Å². The average molecular weight is 307 g/mol. The number of hydrogen-bond acceptors (Lipinski definition) is 5. The fourth-order valence-electron chi connectivity index (χ4n) is 2.21. The highest BCUT2D eigenvalue weighted by Crippen LogP contribution is 2.34. The first-order valence-corrected chi connectivity index (χ1v) is 8.27. The van der Waals surface area contributed by atoms with Crippen LogP contribution in [-0.2, 0) is 22.3 Å². The highest BCUT2D eigenvalue weighted by molar-refractivity contribution is 7.83. The highest BCUT2D eigenvalue weighted by atomic mass is 32.2. The van der Waals surface area contributed by atoms with E-state index in [1.807, 2.05) is 32.0 Å². The van der Waals surface area contributed by atoms with Crippen molar-refractivity contribution >= 4 is 10.8 Å². The Labute approximate surface area is 125 Å². The van der Waals surface area contributed by atoms with Crippen molar-refractivity contribution in [2.75, 3.05) is 13.2 Å². The van der Waals surface area contributed by atoms with Gasteiger partial charge in [-0.15, -0.1) is 0 Å². The smallest absolute Gasteiger partial charge is 0.207 e. The number of nitrogens with zero attached hydrogens (tertiary/aromatic N) is 1. The standard InChI is InChI=1S/C15H17NO4S/c1-10-11(2)20-14(16-10)9-21(17)8-12-4-3-5-13-15(12)19-7-6-18-13/h3-5H,6-9H2,1-2H3/t21-/m1/s1. The van der Waals surface area contributed by atoms with Gasteiger partial charge in [-0.2, -0.15) is 0 Å². The van der Waals surface area contributed by atoms with Crippen LogP contribution in [0.4, 0.5) is 0 Å². The van der Waals surface area contributed by atoms with Crippen LogP contribution in [0.1, 0.15) is 22.9 Å². The first-order valence-electron chi connectivity index (χ1n) is 6.79. The van der Waals surface area contributed by atoms with Crippen LogP contribution >= 0.6 is 0 Å². The Bertz CT molecular complexity index is 661. The van der Waals surface area contributed by atoms with E-state index in [-0.39, 0.29) is 0 Å². The lowest BCUT2D eigenvalue weighted by atomic mass is 10.2. The number of para-hydroxylation sites is 1. The molecule has 0 saturated heterocycles. The summed E-state index contributed by atoms with van der Waals surface area (Å²) in [5, 5.41) is 0. The summed E-state index contributed by atoms with van der Waals surface area (Å²) in [6, 6.07) is 5.67. The number of aromatic nitrogens is 1. The molecule has 1 aromatic carbocycles. The molecule has 0 amide bonds. The van der Waals surface area contributed by atoms with E-state index >= 15 is 0 Å². The molecule has 1 aliphatic heterocycles. The Balaban J connectivity index is 1.73. The van der Waals surface area contributed by atoms with Gasteiger partial charge in [0.1, 0.15) is 24.7 Å². The van der Waals surface area contributed by atoms with Gasteiger partial charge in [0, 0.05) is 16.4 Å². The van der Waals surface area contributed by atoms with Crippen LogP contribution in [0.15, 0.2) is 22.6 Å². The molecule has 1 aromatic heterocycles. The molecule has 0 bridgehead atoms. The first kappa shape index (κ1) is 14.1. The summed E-state index contributed by atoms with van der Waals surface area (Å²) in [6.45, 7) is 4.81. The molecular weight excluding hydrogens is 290 g/mol. The van der Waals surface area contributed by atoms with Gasteiger partial charge in [0.05, 0.1) is 11.4 Å². The molecule has 3 rings (SSSR count). The van der Waals surface area contributed by atoms with Crippen molar-refractivity contribution in [2.24, 2.45) is 0 Å². The lowest BCUT2D eigenvalue weighted by Crippen LogP contribution is -2.17. The topological polar surface area (TPSA) is 61.6 Å². The summed E-state index contributed by atoms with van der Waals surface area (Å²) in [6.07, 6.45) is 0. The van der Waals surface area contributed by atoms with E-state index in [0.717, 1.165) is 22.8 Å². The van der Waals surface area contributed by atoms with Gasteiger partial charge in [-0.1, -0.05) is 12.1 Å². The maximum absolute atomic E-state index is 12.3. The van der Waals surface area contributed by atoms with Crippen LogP contribution in [0.2, 0.25) is 0 Å². The summed E-state index contributed by atoms with van der Waals surface area (Å²) < 4.78 is 28.9. The normalized spacial score (nSPS) is 15.0. The monoisotopic (exact) mass is 307 g/mol. The maximum atomic E-state index is 12.3. The van der Waals surface area contributed by atoms with Crippen molar-refractivity contribution in [1.82, 2.24) is 4.98 Å². The van der Waals surface area contributed by atoms with E-state index in [1.54, 1.807) is 0 Å². The van der Waals surface area contributed by atoms with E-state index in [0.29, 0.717) is 36.4 Å². The van der Waals surface area contributed by atoms with Crippen LogP contribution in [0.3, 0.4) is 0 Å². The predicted octanol–water partition coefficient (Wildman–Crippen LogP) is 2.51. The minimum absolute atomic E-state index is 0.305. The number of fused-ring (bicyclic) bond motifs is 1. The van der Waals surface area contributed by atoms with E-state index in [4.69, 9.17) is 13.9 Å². The fraction of sp³-hybridized carbons (Fsp3) is 0.400. The maximum Gasteiger partial charge on any atom is 0.207 e. The van der Waals surface area contributed by atoms with Crippen molar-refractivity contribution in [3.05, 3.63) is 41.1 Å². The molecule has 2 aromatic rings. The van der Waals surface area contributed by atoms with Gasteiger partial charge in [0.25, 0.3) is 0 Å². The van der Waals surface area contributed by atoms with Gasteiger partial charge >= 0.3 is 0 Å². The Morgan fingerprint density at radius 2 is 2.00 bits per heavy atom. The second kappa shape index (κ2) is 5.89. The van der Waals surface area contributed by atoms with E-state index in [2.05, 4.69) is 4.98 Å². The summed E-state index contributed by atoms with van der Waals surface area (Å²) in [4.78, 5) is 4.26. The van der Waals surface area contributed by atoms with Crippen molar-refractivity contribution in [2.45, 2.75) is 25.4 Å². The summed E-state index contributed by atoms with van der Waals surface area (Å²) in [5.74, 6) is 3.42. The Morgan fingerprint density at radius 3 is 2.76 bits per heavy atom. The third kappa shape index (κ3) is 3.10. The molecule has 112 valence electrons. The first-order chi connectivity index (χ1) is 10.1. The molecule has 0 N–H and O–H groups in total. The third-order valence-corrected chi connectivity index (χ3v) is 4.52. The predicted molar refractivity (Wildman–Crippen MR) is 79.0 cm³/mol. The van der Waals surface area contributed by atoms with Gasteiger partial charge < -0.3 is 13.9 Å². The SMILES string of the molecule is Cc1nc(C[S@](=O)Cc2cccc3c2OCCO3)oc1C. The zero-order valence-electron chi connectivity index (χ0n) is 12.0. The molecule has 1 atom stereocenters. The molecule has 6 heteroatoms. The number of ether oxygens (including phenoxy) is 2. The zero-order valence-corrected chi connectivity index (χ0v) is 12.9. The molecule has 2 heterocycles. The Kier molecular flexibility index (Phi) is 3.96. The van der Waals surface area contributed by atoms with E-state index < -0.39 is 10.8 Å². The molecular formula is C15H17NO4S. The number of hydrogen-bond donors (Lipinski definition) is 0. The van der Waals surface area contributed by atoms with Crippen LogP contribution in [0.5, 0.6) is 11.5 Å². The Hall–Kier alpha value is -1.82. The lowest BCUT2D eigenvalue weighted by molar-refractivity contribution is 0.170. The summed E-state index contributed by atoms with van der Waals surface area (Å²) >= 11 is 0. The fourth-order valence-corrected chi connectivity index (χ4v) is 3.29. The quantitative estimate of drug-likeness (QED) is 0.868. The molecule has 1 aliphatic rings. The second-order valence-corrected chi connectivity index (χ2v) is 6.38. The van der Waals surface area contributed by atoms with Crippen LogP contribution in [-0.4, -0.2) is 22.4 Å². The van der Waals surface area contributed by atoms with Crippen molar-refractivity contribution in [3.63, 3.8) is 0 Å². The molecule has 0 spiro atoms. The summed E-state index contributed by atoms with van der Waals surface area (Å²) in [7, 11) is -1.11. The third-order valence-electron chi connectivity index (χ3n) is 3.32. The van der Waals surface area contributed by atoms with Gasteiger partial charge in [0.15, 0.2) is 11.5 Å². The Morgan fingerprint density at radius 1 is 1.19 bits per heavy atom. The molecule has 0 aliphatic carbocycles. The molecule has 5 nitrogen and oxygen atoms in total. The van der Waals surface area contributed by atoms with E-state index in [9.17, 15) is 4.21 Å². The molecule has 0 unspecified atom stereocenters. The van der Waals surface area contributed by atoms with Crippen molar-refractivity contribution < 1.29 is 18.1 Å². The molecule has 0 radical (unpaired) electrons.